The minimum atomic E-state index is 0. The molecule has 0 amide bonds. The van der Waals surface area contributed by atoms with Crippen LogP contribution in [0.2, 0.25) is 0 Å². The largest absolute Gasteiger partial charge is 0.379 e. The third kappa shape index (κ3) is 17.8. The Kier molecular flexibility index (Phi) is 22.7. The van der Waals surface area contributed by atoms with Crippen LogP contribution < -0.4 is 5.73 Å². The standard InChI is InChI=1S/C7H17N3O.C7H15NO2.C6H14N2.2CH4/c1-9-2-4-10(5-3-9)7-11-6-8;1-2-5-10-8-3-6-9-7-4-8;1-7-3-5-8(2)6-4-7;;/h2-8H2,1H3;2-7H2,1H3;3-6H2,1-2H3;2*1H4. The van der Waals surface area contributed by atoms with Crippen LogP contribution in [0.3, 0.4) is 0 Å². The van der Waals surface area contributed by atoms with Crippen LogP contribution in [0.5, 0.6) is 0 Å². The van der Waals surface area contributed by atoms with E-state index in [0.717, 1.165) is 65.5 Å². The number of morpholine rings is 1. The Morgan fingerprint density at radius 3 is 1.61 bits per heavy atom. The number of nitrogens with zero attached hydrogens (tertiary/aromatic N) is 5. The smallest absolute Gasteiger partial charge is 0.101 e. The molecule has 0 unspecified atom stereocenters. The molecule has 0 aromatic rings. The van der Waals surface area contributed by atoms with Gasteiger partial charge in [0.25, 0.3) is 0 Å². The number of nitrogens with two attached hydrogens (primary N) is 1. The van der Waals surface area contributed by atoms with Gasteiger partial charge in [-0.05, 0) is 27.6 Å². The number of ether oxygens (including phenoxy) is 2. The van der Waals surface area contributed by atoms with Crippen LogP contribution in [0.1, 0.15) is 28.2 Å². The monoisotopic (exact) mass is 450 g/mol. The molecule has 0 saturated carbocycles. The van der Waals surface area contributed by atoms with Crippen molar-refractivity contribution in [2.45, 2.75) is 28.2 Å². The Balaban J connectivity index is 0. The van der Waals surface area contributed by atoms with Crippen LogP contribution in [-0.2, 0) is 14.3 Å². The Morgan fingerprint density at radius 2 is 1.19 bits per heavy atom. The molecule has 9 heteroatoms. The second-order valence-corrected chi connectivity index (χ2v) is 7.90. The Labute approximate surface area is 193 Å². The lowest BCUT2D eigenvalue weighted by Crippen LogP contribution is -2.45. The molecule has 0 spiro atoms. The van der Waals surface area contributed by atoms with Crippen LogP contribution in [0, 0.1) is 0 Å². The average Bonchev–Trinajstić information content (AvgIpc) is 2.76. The van der Waals surface area contributed by atoms with Crippen molar-refractivity contribution in [3.8, 4) is 0 Å². The summed E-state index contributed by atoms with van der Waals surface area (Å²) in [5.74, 6) is 0. The van der Waals surface area contributed by atoms with Crippen LogP contribution in [0.25, 0.3) is 0 Å². The van der Waals surface area contributed by atoms with Crippen molar-refractivity contribution in [2.24, 2.45) is 5.73 Å². The molecule has 0 aromatic heterocycles. The number of likely N-dealkylation sites (N-methyl/N-ethyl adjacent to an activating group) is 3. The molecule has 3 saturated heterocycles. The molecule has 0 radical (unpaired) electrons. The fourth-order valence-corrected chi connectivity index (χ4v) is 2.96. The summed E-state index contributed by atoms with van der Waals surface area (Å²) < 4.78 is 10.3. The maximum atomic E-state index is 5.39. The van der Waals surface area contributed by atoms with E-state index in [1.54, 1.807) is 0 Å². The average molecular weight is 451 g/mol. The maximum Gasteiger partial charge on any atom is 0.101 e. The normalized spacial score (nSPS) is 21.6. The number of hydrogen-bond donors (Lipinski definition) is 1. The molecule has 9 nitrogen and oxygen atoms in total. The lowest BCUT2D eigenvalue weighted by molar-refractivity contribution is -0.193. The predicted molar refractivity (Wildman–Crippen MR) is 131 cm³/mol. The zero-order valence-corrected chi connectivity index (χ0v) is 19.4. The molecule has 2 N–H and O–H groups in total. The lowest BCUT2D eigenvalue weighted by atomic mass is 10.3. The molecule has 3 aliphatic rings. The molecular weight excluding hydrogens is 396 g/mol. The van der Waals surface area contributed by atoms with Gasteiger partial charge in [-0.15, -0.1) is 0 Å². The SMILES string of the molecule is C.C.CCCON1CCOCC1.CN1CCN(C)CC1.CN1CCN(COCN)CC1. The third-order valence-electron chi connectivity index (χ3n) is 5.16. The summed E-state index contributed by atoms with van der Waals surface area (Å²) in [6.45, 7) is 16.8. The predicted octanol–water partition coefficient (Wildman–Crippen LogP) is 0.920. The Morgan fingerprint density at radius 1 is 0.742 bits per heavy atom. The second-order valence-electron chi connectivity index (χ2n) is 7.90. The highest BCUT2D eigenvalue weighted by Crippen LogP contribution is 1.98. The van der Waals surface area contributed by atoms with E-state index >= 15 is 0 Å². The van der Waals surface area contributed by atoms with E-state index in [1.807, 2.05) is 5.06 Å². The molecule has 190 valence electrons. The van der Waals surface area contributed by atoms with Gasteiger partial charge in [-0.2, -0.15) is 5.06 Å². The molecule has 3 rings (SSSR count). The van der Waals surface area contributed by atoms with Gasteiger partial charge in [0.1, 0.15) is 6.73 Å². The van der Waals surface area contributed by atoms with Crippen molar-refractivity contribution >= 4 is 0 Å². The van der Waals surface area contributed by atoms with Crippen molar-refractivity contribution in [1.82, 2.24) is 24.7 Å². The van der Waals surface area contributed by atoms with Crippen molar-refractivity contribution in [3.05, 3.63) is 0 Å². The van der Waals surface area contributed by atoms with Gasteiger partial charge < -0.3 is 29.9 Å². The van der Waals surface area contributed by atoms with E-state index in [-0.39, 0.29) is 14.9 Å². The first-order chi connectivity index (χ1) is 14.0. The highest BCUT2D eigenvalue weighted by atomic mass is 16.7. The number of piperazine rings is 2. The molecule has 0 atom stereocenters. The van der Waals surface area contributed by atoms with Crippen molar-refractivity contribution in [3.63, 3.8) is 0 Å². The van der Waals surface area contributed by atoms with Gasteiger partial charge in [-0.1, -0.05) is 21.8 Å². The quantitative estimate of drug-likeness (QED) is 0.595. The van der Waals surface area contributed by atoms with E-state index in [1.165, 1.54) is 26.2 Å². The second kappa shape index (κ2) is 21.5. The van der Waals surface area contributed by atoms with Gasteiger partial charge >= 0.3 is 0 Å². The fraction of sp³-hybridized carbons (Fsp3) is 1.00. The topological polar surface area (TPSA) is 69.9 Å². The van der Waals surface area contributed by atoms with E-state index in [0.29, 0.717) is 13.5 Å². The first-order valence-electron chi connectivity index (χ1n) is 11.1. The summed E-state index contributed by atoms with van der Waals surface area (Å²) >= 11 is 0. The minimum absolute atomic E-state index is 0. The number of rotatable bonds is 6. The zero-order chi connectivity index (χ0) is 21.3. The summed E-state index contributed by atoms with van der Waals surface area (Å²) in [5.41, 5.74) is 5.21. The molecule has 31 heavy (non-hydrogen) atoms. The first-order valence-corrected chi connectivity index (χ1v) is 11.1. The molecule has 3 fully saturated rings. The van der Waals surface area contributed by atoms with E-state index < -0.39 is 0 Å². The summed E-state index contributed by atoms with van der Waals surface area (Å²) in [5, 5.41) is 1.98. The third-order valence-corrected chi connectivity index (χ3v) is 5.16. The van der Waals surface area contributed by atoms with Crippen molar-refractivity contribution < 1.29 is 14.3 Å². The number of hydrogen-bond acceptors (Lipinski definition) is 9. The summed E-state index contributed by atoms with van der Waals surface area (Å²) in [6.07, 6.45) is 1.08. The van der Waals surface area contributed by atoms with Crippen LogP contribution >= 0.6 is 0 Å². The lowest BCUT2D eigenvalue weighted by Gasteiger charge is -2.31. The van der Waals surface area contributed by atoms with Crippen LogP contribution in [0.4, 0.5) is 0 Å². The highest BCUT2D eigenvalue weighted by molar-refractivity contribution is 4.66. The zero-order valence-electron chi connectivity index (χ0n) is 19.4. The first kappa shape index (κ1) is 32.8. The van der Waals surface area contributed by atoms with Crippen LogP contribution in [-0.4, -0.2) is 145 Å². The summed E-state index contributed by atoms with van der Waals surface area (Å²) in [6, 6.07) is 0. The Hall–Kier alpha value is -0.360. The molecule has 0 aromatic carbocycles. The number of hydroxylamine groups is 2. The maximum absolute atomic E-state index is 5.39. The minimum Gasteiger partial charge on any atom is -0.379 e. The Bertz CT molecular complexity index is 346. The fourth-order valence-electron chi connectivity index (χ4n) is 2.96. The molecule has 0 aliphatic carbocycles. The van der Waals surface area contributed by atoms with E-state index in [9.17, 15) is 0 Å². The summed E-state index contributed by atoms with van der Waals surface area (Å²) in [4.78, 5) is 14.7. The molecular formula is C22H54N6O3. The van der Waals surface area contributed by atoms with Gasteiger partial charge in [0.15, 0.2) is 0 Å². The van der Waals surface area contributed by atoms with E-state index in [2.05, 4.69) is 47.7 Å². The van der Waals surface area contributed by atoms with Gasteiger partial charge in [0.05, 0.1) is 26.6 Å². The van der Waals surface area contributed by atoms with Gasteiger partial charge in [0.2, 0.25) is 0 Å². The molecule has 0 bridgehead atoms. The van der Waals surface area contributed by atoms with Crippen molar-refractivity contribution in [2.75, 3.05) is 120 Å². The van der Waals surface area contributed by atoms with Gasteiger partial charge in [0, 0.05) is 65.4 Å². The summed E-state index contributed by atoms with van der Waals surface area (Å²) in [7, 11) is 6.49. The molecule has 3 aliphatic heterocycles. The highest BCUT2D eigenvalue weighted by Gasteiger charge is 2.12. The van der Waals surface area contributed by atoms with Gasteiger partial charge in [-0.3, -0.25) is 9.74 Å². The van der Waals surface area contributed by atoms with Gasteiger partial charge in [-0.25, -0.2) is 0 Å². The molecule has 3 heterocycles. The van der Waals surface area contributed by atoms with E-state index in [4.69, 9.17) is 20.0 Å². The van der Waals surface area contributed by atoms with Crippen LogP contribution in [0.15, 0.2) is 0 Å². The van der Waals surface area contributed by atoms with Crippen molar-refractivity contribution in [1.29, 1.82) is 0 Å².